The van der Waals surface area contributed by atoms with Crippen molar-refractivity contribution in [2.24, 2.45) is 5.92 Å². The number of hydroxylamine groups is 1. The van der Waals surface area contributed by atoms with Crippen LogP contribution in [-0.4, -0.2) is 42.6 Å². The number of aliphatic hydroxyl groups excluding tert-OH is 1. The highest BCUT2D eigenvalue weighted by Crippen LogP contribution is 2.30. The van der Waals surface area contributed by atoms with Crippen LogP contribution in [0.2, 0.25) is 0 Å². The molecule has 0 unspecified atom stereocenters. The zero-order valence-electron chi connectivity index (χ0n) is 18.0. The monoisotopic (exact) mass is 444 g/mol. The van der Waals surface area contributed by atoms with Gasteiger partial charge in [-0.1, -0.05) is 25.1 Å². The average Bonchev–Trinajstić information content (AvgIpc) is 2.81. The van der Waals surface area contributed by atoms with Gasteiger partial charge in [-0.05, 0) is 48.4 Å². The van der Waals surface area contributed by atoms with Crippen molar-refractivity contribution in [2.75, 3.05) is 25.6 Å². The van der Waals surface area contributed by atoms with Crippen molar-refractivity contribution in [3.8, 4) is 11.5 Å². The molecule has 2 amide bonds. The van der Waals surface area contributed by atoms with E-state index in [-0.39, 0.29) is 19.1 Å². The summed E-state index contributed by atoms with van der Waals surface area (Å²) in [5, 5.41) is 20.2. The molecule has 4 N–H and O–H groups in total. The summed E-state index contributed by atoms with van der Waals surface area (Å²) >= 11 is 0. The summed E-state index contributed by atoms with van der Waals surface area (Å²) in [4.78, 5) is 23.8. The number of benzene rings is 2. The first kappa shape index (κ1) is 24.7. The maximum Gasteiger partial charge on any atom is 0.412 e. The van der Waals surface area contributed by atoms with Crippen LogP contribution in [0.15, 0.2) is 60.7 Å². The number of aliphatic hydroxyl groups is 1. The van der Waals surface area contributed by atoms with E-state index in [0.29, 0.717) is 23.6 Å². The van der Waals surface area contributed by atoms with E-state index in [1.54, 1.807) is 61.7 Å². The van der Waals surface area contributed by atoms with Crippen LogP contribution in [0, 0.1) is 5.92 Å². The highest BCUT2D eigenvalue weighted by molar-refractivity contribution is 5.86. The molecule has 0 radical (unpaired) electrons. The molecule has 0 aliphatic carbocycles. The van der Waals surface area contributed by atoms with Crippen LogP contribution in [0.5, 0.6) is 11.5 Å². The largest absolute Gasteiger partial charge is 0.497 e. The molecule has 0 aliphatic rings. The Morgan fingerprint density at radius 2 is 1.72 bits per heavy atom. The lowest BCUT2D eigenvalue weighted by molar-refractivity contribution is -0.124. The Bertz CT molecular complexity index is 882. The lowest BCUT2D eigenvalue weighted by Gasteiger charge is -2.24. The van der Waals surface area contributed by atoms with Crippen molar-refractivity contribution in [3.63, 3.8) is 0 Å². The fourth-order valence-corrected chi connectivity index (χ4v) is 2.92. The zero-order valence-corrected chi connectivity index (χ0v) is 18.0. The molecule has 0 saturated carbocycles. The number of hydrogen-bond acceptors (Lipinski definition) is 7. The van der Waals surface area contributed by atoms with Crippen molar-refractivity contribution < 1.29 is 34.1 Å². The average molecular weight is 444 g/mol. The predicted molar refractivity (Wildman–Crippen MR) is 118 cm³/mol. The molecule has 0 spiro atoms. The van der Waals surface area contributed by atoms with Gasteiger partial charge in [-0.2, -0.15) is 0 Å². The van der Waals surface area contributed by atoms with Gasteiger partial charge in [0.05, 0.1) is 13.7 Å². The van der Waals surface area contributed by atoms with Gasteiger partial charge in [-0.15, -0.1) is 0 Å². The minimum absolute atomic E-state index is 0.0934. The first-order valence-electron chi connectivity index (χ1n) is 10.0. The predicted octanol–water partition coefficient (Wildman–Crippen LogP) is 3.44. The molecule has 9 heteroatoms. The number of ether oxygens (including phenoxy) is 3. The summed E-state index contributed by atoms with van der Waals surface area (Å²) in [5.74, 6) is 0.412. The van der Waals surface area contributed by atoms with Crippen LogP contribution in [0.25, 0.3) is 0 Å². The maximum atomic E-state index is 12.6. The van der Waals surface area contributed by atoms with Crippen molar-refractivity contribution in [3.05, 3.63) is 66.2 Å². The van der Waals surface area contributed by atoms with Gasteiger partial charge in [0.25, 0.3) is 5.91 Å². The van der Waals surface area contributed by atoms with E-state index in [2.05, 4.69) is 5.32 Å². The van der Waals surface area contributed by atoms with Gasteiger partial charge in [0.1, 0.15) is 24.2 Å². The summed E-state index contributed by atoms with van der Waals surface area (Å²) in [5.41, 5.74) is 2.81. The van der Waals surface area contributed by atoms with Crippen LogP contribution in [0.3, 0.4) is 0 Å². The number of anilines is 1. The zero-order chi connectivity index (χ0) is 23.3. The second-order valence-electron chi connectivity index (χ2n) is 6.91. The molecule has 0 heterocycles. The number of methoxy groups -OCH3 is 1. The minimum Gasteiger partial charge on any atom is -0.497 e. The summed E-state index contributed by atoms with van der Waals surface area (Å²) in [6.45, 7) is 1.96. The SMILES string of the molecule is COc1ccc(NC(=O)O[C@@H](c2ccc(OCCO)cc2)[C@@H](C)C/C=C/C(=O)NO)cc1. The first-order valence-corrected chi connectivity index (χ1v) is 10.0. The van der Waals surface area contributed by atoms with Crippen LogP contribution >= 0.6 is 0 Å². The molecule has 32 heavy (non-hydrogen) atoms. The highest BCUT2D eigenvalue weighted by atomic mass is 16.6. The number of carbonyl (C=O) groups excluding carboxylic acids is 2. The molecule has 9 nitrogen and oxygen atoms in total. The Morgan fingerprint density at radius 3 is 2.31 bits per heavy atom. The van der Waals surface area contributed by atoms with Gasteiger partial charge in [-0.25, -0.2) is 10.3 Å². The van der Waals surface area contributed by atoms with Crippen LogP contribution in [0.1, 0.15) is 25.0 Å². The molecule has 2 aromatic rings. The summed E-state index contributed by atoms with van der Waals surface area (Å²) in [6, 6.07) is 13.8. The summed E-state index contributed by atoms with van der Waals surface area (Å²) < 4.78 is 16.2. The molecule has 2 aromatic carbocycles. The molecular weight excluding hydrogens is 416 g/mol. The fraction of sp³-hybridized carbons (Fsp3) is 0.304. The Hall–Kier alpha value is -3.56. The van der Waals surface area contributed by atoms with Gasteiger partial charge >= 0.3 is 6.09 Å². The third-order valence-electron chi connectivity index (χ3n) is 4.54. The molecule has 2 atom stereocenters. The molecule has 2 rings (SSSR count). The van der Waals surface area contributed by atoms with E-state index in [1.807, 2.05) is 6.92 Å². The number of nitrogens with one attached hydrogen (secondary N) is 2. The summed E-state index contributed by atoms with van der Waals surface area (Å²) in [6.07, 6.45) is 1.95. The molecule has 0 aliphatic heterocycles. The van der Waals surface area contributed by atoms with Gasteiger partial charge in [-0.3, -0.25) is 15.3 Å². The third kappa shape index (κ3) is 7.93. The minimum atomic E-state index is -0.641. The molecule has 172 valence electrons. The molecule has 0 aromatic heterocycles. The van der Waals surface area contributed by atoms with Crippen molar-refractivity contribution in [2.45, 2.75) is 19.4 Å². The maximum absolute atomic E-state index is 12.6. The van der Waals surface area contributed by atoms with Crippen LogP contribution in [-0.2, 0) is 9.53 Å². The number of carbonyl (C=O) groups is 2. The summed E-state index contributed by atoms with van der Waals surface area (Å²) in [7, 11) is 1.56. The van der Waals surface area contributed by atoms with Crippen LogP contribution in [0.4, 0.5) is 10.5 Å². The highest BCUT2D eigenvalue weighted by Gasteiger charge is 2.23. The van der Waals surface area contributed by atoms with E-state index in [9.17, 15) is 9.59 Å². The Kier molecular flexibility index (Phi) is 10.0. The normalized spacial score (nSPS) is 12.6. The standard InChI is InChI=1S/C23H28N2O7/c1-16(4-3-5-21(27)25-29)22(17-6-10-20(11-7-17)31-15-14-26)32-23(28)24-18-8-12-19(30-2)13-9-18/h3,5-13,16,22,26,29H,4,14-15H2,1-2H3,(H,24,28)(H,25,27)/b5-3+/t16-,22+/m0/s1. The second-order valence-corrected chi connectivity index (χ2v) is 6.91. The molecule has 0 bridgehead atoms. The molecular formula is C23H28N2O7. The quantitative estimate of drug-likeness (QED) is 0.238. The van der Waals surface area contributed by atoms with E-state index < -0.39 is 18.1 Å². The Balaban J connectivity index is 2.13. The third-order valence-corrected chi connectivity index (χ3v) is 4.54. The topological polar surface area (TPSA) is 126 Å². The van der Waals surface area contributed by atoms with E-state index >= 15 is 0 Å². The van der Waals surface area contributed by atoms with Crippen molar-refractivity contribution >= 4 is 17.7 Å². The van der Waals surface area contributed by atoms with Gasteiger partial charge < -0.3 is 19.3 Å². The van der Waals surface area contributed by atoms with Crippen molar-refractivity contribution in [1.82, 2.24) is 5.48 Å². The Morgan fingerprint density at radius 1 is 1.06 bits per heavy atom. The lowest BCUT2D eigenvalue weighted by atomic mass is 9.94. The second kappa shape index (κ2) is 13.0. The first-order chi connectivity index (χ1) is 15.5. The van der Waals surface area contributed by atoms with E-state index in [4.69, 9.17) is 24.5 Å². The Labute approximate surface area is 186 Å². The number of amides is 2. The van der Waals surface area contributed by atoms with Gasteiger partial charge in [0.15, 0.2) is 0 Å². The number of rotatable bonds is 11. The van der Waals surface area contributed by atoms with Crippen LogP contribution < -0.4 is 20.3 Å². The van der Waals surface area contributed by atoms with E-state index in [0.717, 1.165) is 5.56 Å². The molecule has 0 saturated heterocycles. The van der Waals surface area contributed by atoms with Crippen molar-refractivity contribution in [1.29, 1.82) is 0 Å². The number of hydrogen-bond donors (Lipinski definition) is 4. The van der Waals surface area contributed by atoms with Gasteiger partial charge in [0, 0.05) is 17.7 Å². The fourth-order valence-electron chi connectivity index (χ4n) is 2.92. The van der Waals surface area contributed by atoms with Gasteiger partial charge in [0.2, 0.25) is 0 Å². The number of allylic oxidation sites excluding steroid dienone is 1. The lowest BCUT2D eigenvalue weighted by Crippen LogP contribution is -2.22. The van der Waals surface area contributed by atoms with E-state index in [1.165, 1.54) is 11.6 Å². The smallest absolute Gasteiger partial charge is 0.412 e. The molecule has 0 fully saturated rings.